The van der Waals surface area contributed by atoms with Gasteiger partial charge in [0.05, 0.1) is 46.1 Å². The number of hydrogen-bond donors (Lipinski definition) is 5. The third-order valence-corrected chi connectivity index (χ3v) is 5.32. The van der Waals surface area contributed by atoms with Crippen LogP contribution in [0.4, 0.5) is 4.79 Å². The number of rotatable bonds is 23. The Bertz CT molecular complexity index is 799. The summed E-state index contributed by atoms with van der Waals surface area (Å²) in [5.74, 6) is 1.00. The topological polar surface area (TPSA) is 142 Å². The van der Waals surface area contributed by atoms with E-state index in [1.165, 1.54) is 5.56 Å². The van der Waals surface area contributed by atoms with E-state index in [4.69, 9.17) is 23.7 Å². The zero-order chi connectivity index (χ0) is 29.5. The average Bonchev–Trinajstić information content (AvgIpc) is 2.89. The van der Waals surface area contributed by atoms with Gasteiger partial charge in [0.1, 0.15) is 24.1 Å². The van der Waals surface area contributed by atoms with Gasteiger partial charge in [-0.15, -0.1) is 0 Å². The highest BCUT2D eigenvalue weighted by molar-refractivity contribution is 5.67. The quantitative estimate of drug-likeness (QED) is 0.0577. The Balaban J connectivity index is 1.85. The molecule has 0 radical (unpaired) electrons. The molecule has 230 valence electrons. The molecule has 11 nitrogen and oxygen atoms in total. The predicted octanol–water partition coefficient (Wildman–Crippen LogP) is 1.84. The first kappa shape index (κ1) is 35.6. The molecule has 1 atom stereocenters. The maximum atomic E-state index is 11.5. The number of aryl methyl sites for hydroxylation is 1. The summed E-state index contributed by atoms with van der Waals surface area (Å²) in [5, 5.41) is 25.7. The van der Waals surface area contributed by atoms with Crippen molar-refractivity contribution >= 4 is 12.0 Å². The molecule has 1 rings (SSSR count). The van der Waals surface area contributed by atoms with Crippen LogP contribution < -0.4 is 20.4 Å². The lowest BCUT2D eigenvalue weighted by Gasteiger charge is -2.19. The van der Waals surface area contributed by atoms with Crippen molar-refractivity contribution < 1.29 is 43.7 Å². The Hall–Kier alpha value is -2.44. The van der Waals surface area contributed by atoms with E-state index in [0.29, 0.717) is 85.1 Å². The minimum atomic E-state index is -0.682. The van der Waals surface area contributed by atoms with E-state index < -0.39 is 17.9 Å². The normalized spacial score (nSPS) is 12.8. The van der Waals surface area contributed by atoms with Crippen LogP contribution in [0.15, 0.2) is 24.3 Å². The summed E-state index contributed by atoms with van der Waals surface area (Å²) >= 11 is 0. The highest BCUT2D eigenvalue weighted by Crippen LogP contribution is 2.11. The molecule has 11 heteroatoms. The molecule has 1 aromatic rings. The standard InChI is InChI=1S/C29H51N3O8/c1-24-8-10-25(11-9-24)39-19-7-15-31-27(34)13-12-26(33)30-14-5-17-36-20-22-38-23-21-37-18-6-16-32-28(35)40-29(2,3)4/h8-11,27,31,34H,5-7,12-23H2,1-4H3,(H,30,33)(H,32,35)/p+1. The van der Waals surface area contributed by atoms with Gasteiger partial charge in [-0.3, -0.25) is 5.32 Å². The summed E-state index contributed by atoms with van der Waals surface area (Å²) in [4.78, 5) is 14.4. The Labute approximate surface area is 239 Å². The first-order chi connectivity index (χ1) is 19.2. The second-order valence-corrected chi connectivity index (χ2v) is 10.4. The van der Waals surface area contributed by atoms with E-state index in [1.54, 1.807) is 0 Å². The van der Waals surface area contributed by atoms with Crippen LogP contribution in [0.2, 0.25) is 0 Å². The molecule has 0 aliphatic carbocycles. The largest absolute Gasteiger partial charge is 0.494 e. The maximum Gasteiger partial charge on any atom is 0.407 e. The number of aliphatic hydroxyl groups excluding tert-OH is 2. The molecule has 5 N–H and O–H groups in total. The average molecular weight is 571 g/mol. The summed E-state index contributed by atoms with van der Waals surface area (Å²) in [6.45, 7) is 12.8. The Morgan fingerprint density at radius 1 is 0.900 bits per heavy atom. The molecule has 0 aromatic heterocycles. The van der Waals surface area contributed by atoms with Crippen molar-refractivity contribution in [2.24, 2.45) is 0 Å². The highest BCUT2D eigenvalue weighted by Gasteiger charge is 2.15. The van der Waals surface area contributed by atoms with Gasteiger partial charge in [0.25, 0.3) is 0 Å². The van der Waals surface area contributed by atoms with Crippen LogP contribution in [-0.4, -0.2) is 99.9 Å². The third kappa shape index (κ3) is 22.4. The number of carbonyl (C=O) groups is 1. The second kappa shape index (κ2) is 22.3. The second-order valence-electron chi connectivity index (χ2n) is 10.4. The van der Waals surface area contributed by atoms with Crippen molar-refractivity contribution in [2.45, 2.75) is 71.6 Å². The van der Waals surface area contributed by atoms with Gasteiger partial charge < -0.3 is 39.2 Å². The molecule has 0 saturated heterocycles. The number of alkyl carbamates (subject to hydrolysis) is 1. The van der Waals surface area contributed by atoms with Gasteiger partial charge in [-0.25, -0.2) is 9.79 Å². The van der Waals surface area contributed by atoms with E-state index in [1.807, 2.05) is 52.0 Å². The molecule has 0 bridgehead atoms. The van der Waals surface area contributed by atoms with E-state index in [-0.39, 0.29) is 5.90 Å². The van der Waals surface area contributed by atoms with Gasteiger partial charge in [-0.05, 0) is 59.1 Å². The summed E-state index contributed by atoms with van der Waals surface area (Å²) in [6, 6.07) is 7.92. The van der Waals surface area contributed by atoms with Gasteiger partial charge in [-0.2, -0.15) is 0 Å². The van der Waals surface area contributed by atoms with Crippen LogP contribution in [0.3, 0.4) is 0 Å². The van der Waals surface area contributed by atoms with Crippen molar-refractivity contribution in [3.63, 3.8) is 0 Å². The number of amides is 1. The Kier molecular flexibility index (Phi) is 19.8. The van der Waals surface area contributed by atoms with Gasteiger partial charge in [0.15, 0.2) is 0 Å². The fourth-order valence-corrected chi connectivity index (χ4v) is 3.26. The molecule has 40 heavy (non-hydrogen) atoms. The lowest BCUT2D eigenvalue weighted by atomic mass is 10.2. The van der Waals surface area contributed by atoms with Crippen molar-refractivity contribution in [3.05, 3.63) is 29.8 Å². The zero-order valence-electron chi connectivity index (χ0n) is 24.8. The summed E-state index contributed by atoms with van der Waals surface area (Å²) in [5.41, 5.74) is 0.698. The molecule has 0 fully saturated rings. The molecular weight excluding hydrogens is 518 g/mol. The number of hydrogen-bond acceptors (Lipinski definition) is 8. The Morgan fingerprint density at radius 3 is 2.15 bits per heavy atom. The van der Waals surface area contributed by atoms with Crippen molar-refractivity contribution in [1.29, 1.82) is 0 Å². The summed E-state index contributed by atoms with van der Waals surface area (Å²) < 4.78 is 27.3. The van der Waals surface area contributed by atoms with Crippen molar-refractivity contribution in [2.75, 3.05) is 65.9 Å². The van der Waals surface area contributed by atoms with Gasteiger partial charge in [0.2, 0.25) is 0 Å². The lowest BCUT2D eigenvalue weighted by Crippen LogP contribution is -2.73. The van der Waals surface area contributed by atoms with Gasteiger partial charge >= 0.3 is 12.0 Å². The Morgan fingerprint density at radius 2 is 1.50 bits per heavy atom. The first-order valence-electron chi connectivity index (χ1n) is 14.3. The van der Waals surface area contributed by atoms with Crippen LogP contribution in [0.25, 0.3) is 0 Å². The minimum absolute atomic E-state index is 0.160. The number of aliphatic hydroxyl groups is 2. The minimum Gasteiger partial charge on any atom is -0.494 e. The first-order valence-corrected chi connectivity index (χ1v) is 14.3. The highest BCUT2D eigenvalue weighted by atomic mass is 16.6. The predicted molar refractivity (Wildman–Crippen MR) is 154 cm³/mol. The molecule has 0 heterocycles. The van der Waals surface area contributed by atoms with E-state index in [2.05, 4.69) is 15.6 Å². The molecule has 1 amide bonds. The number of benzene rings is 1. The lowest BCUT2D eigenvalue weighted by molar-refractivity contribution is -0.469. The smallest absolute Gasteiger partial charge is 0.407 e. The van der Waals surface area contributed by atoms with Gasteiger partial charge in [0, 0.05) is 26.1 Å². The fourth-order valence-electron chi connectivity index (χ4n) is 3.26. The molecule has 0 aliphatic rings. The third-order valence-electron chi connectivity index (χ3n) is 5.32. The molecular formula is C29H52N3O8+. The number of ether oxygens (including phenoxy) is 5. The SMILES string of the molecule is Cc1ccc(OCCCNC(O)CCC(O)=[NH+]CCCOCCOCCOCCCNC(=O)OC(C)(C)C)cc1. The van der Waals surface area contributed by atoms with Crippen LogP contribution in [0.5, 0.6) is 5.75 Å². The molecule has 0 saturated carbocycles. The van der Waals surface area contributed by atoms with Crippen LogP contribution in [0, 0.1) is 6.92 Å². The van der Waals surface area contributed by atoms with Gasteiger partial charge in [-0.1, -0.05) is 17.7 Å². The number of carbonyl (C=O) groups excluding carboxylic acids is 1. The monoisotopic (exact) mass is 570 g/mol. The zero-order valence-corrected chi connectivity index (χ0v) is 24.8. The fraction of sp³-hybridized carbons (Fsp3) is 0.724. The molecule has 0 spiro atoms. The van der Waals surface area contributed by atoms with E-state index in [0.717, 1.165) is 18.6 Å². The summed E-state index contributed by atoms with van der Waals surface area (Å²) in [7, 11) is 0. The van der Waals surface area contributed by atoms with E-state index in [9.17, 15) is 15.0 Å². The molecule has 1 aromatic carbocycles. The summed E-state index contributed by atoms with van der Waals surface area (Å²) in [6.07, 6.45) is 1.89. The number of nitrogens with one attached hydrogen (secondary N) is 3. The van der Waals surface area contributed by atoms with Crippen LogP contribution in [-0.2, 0) is 18.9 Å². The van der Waals surface area contributed by atoms with E-state index >= 15 is 0 Å². The van der Waals surface area contributed by atoms with Crippen molar-refractivity contribution in [3.8, 4) is 5.75 Å². The molecule has 1 unspecified atom stereocenters. The van der Waals surface area contributed by atoms with Crippen LogP contribution in [0.1, 0.15) is 58.4 Å². The van der Waals surface area contributed by atoms with Crippen LogP contribution >= 0.6 is 0 Å². The van der Waals surface area contributed by atoms with Crippen molar-refractivity contribution in [1.82, 2.24) is 10.6 Å². The molecule has 0 aliphatic heterocycles. The maximum absolute atomic E-state index is 11.5.